The van der Waals surface area contributed by atoms with E-state index in [1.807, 2.05) is 27.7 Å². The number of ether oxygens (including phenoxy) is 1. The zero-order chi connectivity index (χ0) is 31.6. The van der Waals surface area contributed by atoms with Gasteiger partial charge in [0.05, 0.1) is 5.60 Å². The van der Waals surface area contributed by atoms with Gasteiger partial charge in [0.15, 0.2) is 0 Å². The van der Waals surface area contributed by atoms with Crippen LogP contribution in [0.2, 0.25) is 0 Å². The first-order valence-electron chi connectivity index (χ1n) is 15.1. The molecule has 0 saturated carbocycles. The summed E-state index contributed by atoms with van der Waals surface area (Å²) in [5.41, 5.74) is -2.70. The van der Waals surface area contributed by atoms with Crippen LogP contribution in [0.15, 0.2) is 12.2 Å². The van der Waals surface area contributed by atoms with E-state index in [4.69, 9.17) is 4.74 Å². The monoisotopic (exact) mass is 563 g/mol. The summed E-state index contributed by atoms with van der Waals surface area (Å²) in [4.78, 5) is 39.7. The van der Waals surface area contributed by atoms with Gasteiger partial charge in [-0.15, -0.1) is 0 Å². The van der Waals surface area contributed by atoms with Crippen molar-refractivity contribution in [2.24, 2.45) is 10.8 Å². The van der Waals surface area contributed by atoms with Crippen molar-refractivity contribution >= 4 is 17.7 Å². The molecule has 7 heteroatoms. The third-order valence-corrected chi connectivity index (χ3v) is 9.02. The highest BCUT2D eigenvalue weighted by molar-refractivity contribution is 6.13. The van der Waals surface area contributed by atoms with Crippen LogP contribution in [0.1, 0.15) is 136 Å². The summed E-state index contributed by atoms with van der Waals surface area (Å²) < 4.78 is 6.61. The summed E-state index contributed by atoms with van der Waals surface area (Å²) in [6.45, 7) is 32.1. The third kappa shape index (κ3) is 9.40. The van der Waals surface area contributed by atoms with E-state index in [2.05, 4.69) is 86.8 Å². The molecule has 1 aliphatic heterocycles. The molecule has 0 aliphatic carbocycles. The van der Waals surface area contributed by atoms with Gasteiger partial charge in [0.1, 0.15) is 0 Å². The number of carbonyl (C=O) groups is 3. The fourth-order valence-corrected chi connectivity index (χ4v) is 6.38. The van der Waals surface area contributed by atoms with Gasteiger partial charge in [-0.2, -0.15) is 0 Å². The van der Waals surface area contributed by atoms with Gasteiger partial charge in [0, 0.05) is 46.3 Å². The van der Waals surface area contributed by atoms with E-state index in [9.17, 15) is 14.4 Å². The van der Waals surface area contributed by atoms with Crippen LogP contribution >= 0.6 is 0 Å². The number of carbonyl (C=O) groups excluding carboxylic acids is 3. The number of amides is 3. The van der Waals surface area contributed by atoms with Gasteiger partial charge < -0.3 is 15.4 Å². The normalized spacial score (nSPS) is 18.6. The zero-order valence-corrected chi connectivity index (χ0v) is 28.5. The molecule has 0 aromatic carbocycles. The van der Waals surface area contributed by atoms with Crippen molar-refractivity contribution in [2.75, 3.05) is 6.61 Å². The highest BCUT2D eigenvalue weighted by atomic mass is 16.5. The summed E-state index contributed by atoms with van der Waals surface area (Å²) >= 11 is 0. The molecule has 0 fully saturated rings. The minimum Gasteiger partial charge on any atom is -0.375 e. The summed E-state index contributed by atoms with van der Waals surface area (Å²) in [7, 11) is 0. The van der Waals surface area contributed by atoms with E-state index in [-0.39, 0.29) is 34.2 Å². The lowest BCUT2D eigenvalue weighted by Gasteiger charge is -2.49. The molecule has 0 saturated heterocycles. The third-order valence-electron chi connectivity index (χ3n) is 9.02. The van der Waals surface area contributed by atoms with Crippen molar-refractivity contribution in [1.82, 2.24) is 15.5 Å². The first kappa shape index (κ1) is 36.3. The number of hydrogen-bond acceptors (Lipinski definition) is 5. The molecule has 0 bridgehead atoms. The number of nitrogens with zero attached hydrogens (tertiary/aromatic N) is 1. The first-order chi connectivity index (χ1) is 17.8. The second-order valence-corrected chi connectivity index (χ2v) is 16.0. The van der Waals surface area contributed by atoms with Crippen LogP contribution < -0.4 is 10.6 Å². The van der Waals surface area contributed by atoms with E-state index in [0.29, 0.717) is 13.0 Å². The van der Waals surface area contributed by atoms with Crippen LogP contribution in [0, 0.1) is 10.8 Å². The van der Waals surface area contributed by atoms with E-state index in [0.717, 1.165) is 25.7 Å². The summed E-state index contributed by atoms with van der Waals surface area (Å²) in [5.74, 6) is -0.740. The van der Waals surface area contributed by atoms with E-state index in [1.165, 1.54) is 17.1 Å². The molecule has 1 heterocycles. The average molecular weight is 564 g/mol. The number of hydrogen-bond donors (Lipinski definition) is 2. The second-order valence-electron chi connectivity index (χ2n) is 16.0. The van der Waals surface area contributed by atoms with Crippen LogP contribution in [0.5, 0.6) is 0 Å². The smallest absolute Gasteiger partial charge is 0.254 e. The van der Waals surface area contributed by atoms with Crippen molar-refractivity contribution in [3.8, 4) is 0 Å². The van der Waals surface area contributed by atoms with Gasteiger partial charge in [-0.1, -0.05) is 34.6 Å². The Kier molecular flexibility index (Phi) is 11.1. The highest BCUT2D eigenvalue weighted by Gasteiger charge is 2.48. The van der Waals surface area contributed by atoms with Gasteiger partial charge in [-0.25, -0.2) is 0 Å². The summed E-state index contributed by atoms with van der Waals surface area (Å²) in [6.07, 6.45) is 6.24. The quantitative estimate of drug-likeness (QED) is 0.221. The van der Waals surface area contributed by atoms with Crippen LogP contribution in [0.4, 0.5) is 0 Å². The Bertz CT molecular complexity index is 939. The Labute approximate surface area is 245 Å². The number of rotatable bonds is 15. The summed E-state index contributed by atoms with van der Waals surface area (Å²) in [6, 6.07) is 0. The minimum atomic E-state index is -0.802. The molecular formula is C33H61N3O4. The standard InChI is InChI=1S/C33H61N3O4/c1-16-32(14,31(12,13)40-21-20-29(8,9)35-27(3,4)5)23-33(15,17-2)34-26(39)28(6,7)22-30(10,11)36-24(37)18-19-25(36)38/h18-19,35H,16-17,20-23H2,1-15H3,(H,34,39). The fraction of sp³-hybridized carbons (Fsp3) is 0.848. The molecular weight excluding hydrogens is 502 g/mol. The zero-order valence-electron chi connectivity index (χ0n) is 28.5. The van der Waals surface area contributed by atoms with Crippen LogP contribution in [-0.2, 0) is 19.1 Å². The predicted molar refractivity (Wildman–Crippen MR) is 165 cm³/mol. The van der Waals surface area contributed by atoms with Crippen molar-refractivity contribution < 1.29 is 19.1 Å². The molecule has 1 aliphatic rings. The number of imide groups is 1. The van der Waals surface area contributed by atoms with Crippen LogP contribution in [0.25, 0.3) is 0 Å². The molecule has 3 amide bonds. The second kappa shape index (κ2) is 12.2. The Balaban J connectivity index is 3.02. The van der Waals surface area contributed by atoms with Gasteiger partial charge in [-0.3, -0.25) is 19.3 Å². The van der Waals surface area contributed by atoms with Gasteiger partial charge >= 0.3 is 0 Å². The summed E-state index contributed by atoms with van der Waals surface area (Å²) in [5, 5.41) is 7.06. The average Bonchev–Trinajstić information content (AvgIpc) is 3.09. The lowest BCUT2D eigenvalue weighted by molar-refractivity contribution is -0.147. The molecule has 7 nitrogen and oxygen atoms in total. The molecule has 2 N–H and O–H groups in total. The van der Waals surface area contributed by atoms with E-state index >= 15 is 0 Å². The molecule has 2 unspecified atom stereocenters. The Morgan fingerprint density at radius 3 is 1.73 bits per heavy atom. The lowest BCUT2D eigenvalue weighted by Crippen LogP contribution is -2.58. The largest absolute Gasteiger partial charge is 0.375 e. The maximum atomic E-state index is 13.8. The predicted octanol–water partition coefficient (Wildman–Crippen LogP) is 6.55. The van der Waals surface area contributed by atoms with Gasteiger partial charge in [-0.05, 0) is 107 Å². The van der Waals surface area contributed by atoms with Gasteiger partial charge in [0.2, 0.25) is 5.91 Å². The van der Waals surface area contributed by atoms with E-state index in [1.54, 1.807) is 0 Å². The molecule has 232 valence electrons. The molecule has 0 aromatic rings. The Morgan fingerprint density at radius 1 is 0.800 bits per heavy atom. The molecule has 40 heavy (non-hydrogen) atoms. The molecule has 1 rings (SSSR count). The first-order valence-corrected chi connectivity index (χ1v) is 15.1. The van der Waals surface area contributed by atoms with Crippen molar-refractivity contribution in [3.63, 3.8) is 0 Å². The molecule has 0 radical (unpaired) electrons. The maximum absolute atomic E-state index is 13.8. The SMILES string of the molecule is CCC(C)(CC(C)(CC)C(C)(C)OCCC(C)(C)NC(C)(C)C)NC(=O)C(C)(C)CC(C)(C)N1C(=O)C=CC1=O. The van der Waals surface area contributed by atoms with Crippen LogP contribution in [-0.4, -0.2) is 57.0 Å². The fourth-order valence-electron chi connectivity index (χ4n) is 6.38. The van der Waals surface area contributed by atoms with Crippen molar-refractivity contribution in [1.29, 1.82) is 0 Å². The maximum Gasteiger partial charge on any atom is 0.254 e. The van der Waals surface area contributed by atoms with Gasteiger partial charge in [0.25, 0.3) is 11.8 Å². The topological polar surface area (TPSA) is 87.7 Å². The van der Waals surface area contributed by atoms with Crippen molar-refractivity contribution in [3.05, 3.63) is 12.2 Å². The Hall–Kier alpha value is -1.73. The lowest BCUT2D eigenvalue weighted by atomic mass is 9.65. The Morgan fingerprint density at radius 2 is 1.30 bits per heavy atom. The molecule has 2 atom stereocenters. The molecule has 0 aromatic heterocycles. The van der Waals surface area contributed by atoms with Crippen molar-refractivity contribution in [2.45, 2.75) is 164 Å². The highest BCUT2D eigenvalue weighted by Crippen LogP contribution is 2.45. The molecule has 0 spiro atoms. The number of nitrogens with one attached hydrogen (secondary N) is 2. The van der Waals surface area contributed by atoms with E-state index < -0.39 is 22.1 Å². The minimum absolute atomic E-state index is 0.0253. The van der Waals surface area contributed by atoms with Crippen LogP contribution in [0.3, 0.4) is 0 Å².